The van der Waals surface area contributed by atoms with Crippen LogP contribution >= 0.6 is 0 Å². The Morgan fingerprint density at radius 2 is 2.15 bits per heavy atom. The van der Waals surface area contributed by atoms with Gasteiger partial charge in [-0.3, -0.25) is 0 Å². The Balaban J connectivity index is 1.52. The minimum atomic E-state index is -0.285. The van der Waals surface area contributed by atoms with E-state index in [1.807, 2.05) is 18.2 Å². The van der Waals surface area contributed by atoms with Gasteiger partial charge in [-0.1, -0.05) is 12.1 Å². The van der Waals surface area contributed by atoms with Crippen LogP contribution in [0.5, 0.6) is 5.75 Å². The molecule has 2 rings (SSSR count). The number of benzene rings is 1. The zero-order chi connectivity index (χ0) is 14.2. The Bertz CT molecular complexity index is 392. The van der Waals surface area contributed by atoms with Crippen molar-refractivity contribution in [2.24, 2.45) is 0 Å². The van der Waals surface area contributed by atoms with Crippen molar-refractivity contribution >= 4 is 0 Å². The minimum absolute atomic E-state index is 0.285. The number of aliphatic hydroxyl groups excluding tert-OH is 1. The van der Waals surface area contributed by atoms with Crippen molar-refractivity contribution in [2.75, 3.05) is 39.3 Å². The van der Waals surface area contributed by atoms with Crippen molar-refractivity contribution in [3.05, 3.63) is 29.8 Å². The summed E-state index contributed by atoms with van der Waals surface area (Å²) < 4.78 is 5.65. The predicted molar refractivity (Wildman–Crippen MR) is 81.2 cm³/mol. The van der Waals surface area contributed by atoms with E-state index in [0.717, 1.165) is 31.9 Å². The van der Waals surface area contributed by atoms with Crippen LogP contribution in [0.25, 0.3) is 0 Å². The molecule has 0 amide bonds. The fourth-order valence-corrected chi connectivity index (χ4v) is 2.54. The summed E-state index contributed by atoms with van der Waals surface area (Å²) in [6, 6.07) is 8.05. The second kappa shape index (κ2) is 8.25. The van der Waals surface area contributed by atoms with Gasteiger partial charge in [0.05, 0.1) is 6.10 Å². The van der Waals surface area contributed by atoms with Crippen molar-refractivity contribution in [1.29, 1.82) is 0 Å². The van der Waals surface area contributed by atoms with Crippen LogP contribution in [-0.4, -0.2) is 55.4 Å². The van der Waals surface area contributed by atoms with E-state index in [4.69, 9.17) is 4.74 Å². The second-order valence-electron chi connectivity index (χ2n) is 5.53. The zero-order valence-electron chi connectivity index (χ0n) is 12.3. The summed E-state index contributed by atoms with van der Waals surface area (Å²) in [5, 5.41) is 13.2. The molecule has 1 aliphatic rings. The maximum absolute atomic E-state index is 9.92. The Morgan fingerprint density at radius 1 is 1.35 bits per heavy atom. The molecule has 4 heteroatoms. The van der Waals surface area contributed by atoms with E-state index >= 15 is 0 Å². The van der Waals surface area contributed by atoms with Crippen molar-refractivity contribution in [1.82, 2.24) is 10.2 Å². The summed E-state index contributed by atoms with van der Waals surface area (Å²) in [6.45, 7) is 7.12. The number of β-amino-alcohol motifs (C(OH)–C–C–N with tert-alkyl or cyclic N) is 1. The lowest BCUT2D eigenvalue weighted by atomic mass is 10.2. The Kier molecular flexibility index (Phi) is 6.30. The number of hydrogen-bond donors (Lipinski definition) is 2. The van der Waals surface area contributed by atoms with Crippen LogP contribution < -0.4 is 10.1 Å². The van der Waals surface area contributed by atoms with Gasteiger partial charge in [-0.05, 0) is 50.6 Å². The zero-order valence-corrected chi connectivity index (χ0v) is 12.3. The molecule has 1 saturated heterocycles. The first-order chi connectivity index (χ1) is 9.74. The van der Waals surface area contributed by atoms with Crippen LogP contribution in [0.1, 0.15) is 18.4 Å². The van der Waals surface area contributed by atoms with Crippen LogP contribution in [0.15, 0.2) is 24.3 Å². The topological polar surface area (TPSA) is 44.7 Å². The van der Waals surface area contributed by atoms with E-state index in [-0.39, 0.29) is 6.10 Å². The molecule has 20 heavy (non-hydrogen) atoms. The molecule has 2 N–H and O–H groups in total. The van der Waals surface area contributed by atoms with Crippen molar-refractivity contribution in [3.8, 4) is 5.75 Å². The molecule has 4 nitrogen and oxygen atoms in total. The number of likely N-dealkylation sites (tertiary alicyclic amines) is 1. The first kappa shape index (κ1) is 15.3. The molecule has 0 aromatic heterocycles. The van der Waals surface area contributed by atoms with Gasteiger partial charge in [0.15, 0.2) is 0 Å². The normalized spacial score (nSPS) is 17.3. The van der Waals surface area contributed by atoms with Gasteiger partial charge < -0.3 is 20.1 Å². The van der Waals surface area contributed by atoms with Gasteiger partial charge in [0.1, 0.15) is 12.4 Å². The smallest absolute Gasteiger partial charge is 0.119 e. The number of aliphatic hydroxyl groups is 1. The van der Waals surface area contributed by atoms with Crippen LogP contribution in [0.2, 0.25) is 0 Å². The van der Waals surface area contributed by atoms with E-state index in [1.165, 1.54) is 18.4 Å². The van der Waals surface area contributed by atoms with E-state index < -0.39 is 0 Å². The fourth-order valence-electron chi connectivity index (χ4n) is 2.54. The van der Waals surface area contributed by atoms with Crippen LogP contribution in [0.3, 0.4) is 0 Å². The summed E-state index contributed by atoms with van der Waals surface area (Å²) >= 11 is 0. The summed E-state index contributed by atoms with van der Waals surface area (Å²) in [5.74, 6) is 0.907. The van der Waals surface area contributed by atoms with Gasteiger partial charge in [0.2, 0.25) is 0 Å². The molecule has 0 aliphatic carbocycles. The second-order valence-corrected chi connectivity index (χ2v) is 5.53. The standard InChI is InChI=1S/C16H26N2O2/c1-14-5-4-6-16(11-14)20-10-7-17-12-15(19)13-18-8-2-3-9-18/h4-6,11,15,17,19H,2-3,7-10,12-13H2,1H3. The lowest BCUT2D eigenvalue weighted by molar-refractivity contribution is 0.122. The van der Waals surface area contributed by atoms with E-state index in [9.17, 15) is 5.11 Å². The lowest BCUT2D eigenvalue weighted by Crippen LogP contribution is -2.38. The molecule has 1 aromatic rings. The molecule has 1 fully saturated rings. The number of nitrogens with one attached hydrogen (secondary N) is 1. The Labute approximate surface area is 121 Å². The molecule has 112 valence electrons. The van der Waals surface area contributed by atoms with Crippen LogP contribution in [0.4, 0.5) is 0 Å². The largest absolute Gasteiger partial charge is 0.492 e. The first-order valence-corrected chi connectivity index (χ1v) is 7.54. The highest BCUT2D eigenvalue weighted by molar-refractivity contribution is 5.27. The molecule has 1 aliphatic heterocycles. The highest BCUT2D eigenvalue weighted by Gasteiger charge is 2.15. The van der Waals surface area contributed by atoms with Crippen LogP contribution in [-0.2, 0) is 0 Å². The molecule has 1 atom stereocenters. The molecular formula is C16H26N2O2. The Morgan fingerprint density at radius 3 is 2.90 bits per heavy atom. The number of rotatable bonds is 8. The van der Waals surface area contributed by atoms with Gasteiger partial charge in [-0.2, -0.15) is 0 Å². The van der Waals surface area contributed by atoms with Crippen molar-refractivity contribution in [2.45, 2.75) is 25.9 Å². The quantitative estimate of drug-likeness (QED) is 0.706. The summed E-state index contributed by atoms with van der Waals surface area (Å²) in [4.78, 5) is 2.33. The fraction of sp³-hybridized carbons (Fsp3) is 0.625. The van der Waals surface area contributed by atoms with Crippen LogP contribution in [0, 0.1) is 6.92 Å². The maximum Gasteiger partial charge on any atom is 0.119 e. The molecule has 1 heterocycles. The summed E-state index contributed by atoms with van der Waals surface area (Å²) in [6.07, 6.45) is 2.25. The maximum atomic E-state index is 9.92. The Hall–Kier alpha value is -1.10. The highest BCUT2D eigenvalue weighted by atomic mass is 16.5. The van der Waals surface area contributed by atoms with Gasteiger partial charge >= 0.3 is 0 Å². The molecule has 0 radical (unpaired) electrons. The number of nitrogens with zero attached hydrogens (tertiary/aromatic N) is 1. The lowest BCUT2D eigenvalue weighted by Gasteiger charge is -2.19. The van der Waals surface area contributed by atoms with Gasteiger partial charge in [0, 0.05) is 19.6 Å². The van der Waals surface area contributed by atoms with E-state index in [0.29, 0.717) is 13.2 Å². The minimum Gasteiger partial charge on any atom is -0.492 e. The summed E-state index contributed by atoms with van der Waals surface area (Å²) in [5.41, 5.74) is 1.21. The van der Waals surface area contributed by atoms with Gasteiger partial charge in [0.25, 0.3) is 0 Å². The molecule has 0 saturated carbocycles. The number of aryl methyl sites for hydroxylation is 1. The number of hydrogen-bond acceptors (Lipinski definition) is 4. The third-order valence-electron chi connectivity index (χ3n) is 3.58. The molecule has 0 bridgehead atoms. The average molecular weight is 278 g/mol. The third-order valence-corrected chi connectivity index (χ3v) is 3.58. The predicted octanol–water partition coefficient (Wildman–Crippen LogP) is 1.42. The summed E-state index contributed by atoms with van der Waals surface area (Å²) in [7, 11) is 0. The highest BCUT2D eigenvalue weighted by Crippen LogP contribution is 2.11. The van der Waals surface area contributed by atoms with Crippen molar-refractivity contribution in [3.63, 3.8) is 0 Å². The molecule has 1 unspecified atom stereocenters. The average Bonchev–Trinajstić information content (AvgIpc) is 2.91. The van der Waals surface area contributed by atoms with Gasteiger partial charge in [-0.25, -0.2) is 0 Å². The SMILES string of the molecule is Cc1cccc(OCCNCC(O)CN2CCCC2)c1. The third kappa shape index (κ3) is 5.49. The molecular weight excluding hydrogens is 252 g/mol. The first-order valence-electron chi connectivity index (χ1n) is 7.54. The number of ether oxygens (including phenoxy) is 1. The molecule has 1 aromatic carbocycles. The van der Waals surface area contributed by atoms with Gasteiger partial charge in [-0.15, -0.1) is 0 Å². The van der Waals surface area contributed by atoms with Crippen molar-refractivity contribution < 1.29 is 9.84 Å². The monoisotopic (exact) mass is 278 g/mol. The molecule has 0 spiro atoms. The van der Waals surface area contributed by atoms with E-state index in [1.54, 1.807) is 0 Å². The van der Waals surface area contributed by atoms with E-state index in [2.05, 4.69) is 23.2 Å².